The van der Waals surface area contributed by atoms with Crippen LogP contribution in [0.5, 0.6) is 0 Å². The maximum atomic E-state index is 13.0. The van der Waals surface area contributed by atoms with Crippen molar-refractivity contribution in [2.45, 2.75) is 50.4 Å². The van der Waals surface area contributed by atoms with Crippen LogP contribution in [-0.4, -0.2) is 52.2 Å². The van der Waals surface area contributed by atoms with Gasteiger partial charge >= 0.3 is 6.03 Å². The van der Waals surface area contributed by atoms with Crippen molar-refractivity contribution in [2.75, 3.05) is 12.4 Å². The van der Waals surface area contributed by atoms with E-state index in [-0.39, 0.29) is 30.3 Å². The van der Waals surface area contributed by atoms with Gasteiger partial charge in [0, 0.05) is 35.7 Å². The number of fused-ring (bicyclic) bond motifs is 3. The van der Waals surface area contributed by atoms with Gasteiger partial charge in [0.1, 0.15) is 5.82 Å². The summed E-state index contributed by atoms with van der Waals surface area (Å²) >= 11 is 0. The third kappa shape index (κ3) is 4.54. The zero-order chi connectivity index (χ0) is 22.9. The molecule has 1 aromatic heterocycles. The van der Waals surface area contributed by atoms with Gasteiger partial charge in [0.2, 0.25) is 0 Å². The van der Waals surface area contributed by atoms with Gasteiger partial charge in [0.05, 0.1) is 5.52 Å². The molecule has 5 rings (SSSR count). The molecule has 8 nitrogen and oxygen atoms in total. The molecular formula is C24H27FN6O2. The standard InChI is InChI=1S/C24H27FN6O2/c1-31-18-7-8-19(31)11-17(10-18)27-23(32)22-20-9-6-16(12-21(20)29-30-22)28-24(33)26-13-14-2-4-15(25)5-3-14/h2-6,9,12,17-19H,7-8,10-11,13H2,1H3,(H,27,32)(H,29,30)(H2,26,28,33)/t17?,18-,19+. The van der Waals surface area contributed by atoms with E-state index >= 15 is 0 Å². The van der Waals surface area contributed by atoms with Crippen LogP contribution in [0, 0.1) is 5.82 Å². The molecule has 2 aliphatic rings. The first-order chi connectivity index (χ1) is 16.0. The van der Waals surface area contributed by atoms with Crippen molar-refractivity contribution < 1.29 is 14.0 Å². The summed E-state index contributed by atoms with van der Waals surface area (Å²) in [6.07, 6.45) is 4.35. The molecule has 2 fully saturated rings. The second-order valence-electron chi connectivity index (χ2n) is 8.96. The topological polar surface area (TPSA) is 102 Å². The van der Waals surface area contributed by atoms with Crippen molar-refractivity contribution in [2.24, 2.45) is 0 Å². The highest BCUT2D eigenvalue weighted by atomic mass is 19.1. The predicted octanol–water partition coefficient (Wildman–Crippen LogP) is 3.38. The quantitative estimate of drug-likeness (QED) is 0.479. The zero-order valence-corrected chi connectivity index (χ0v) is 18.4. The average Bonchev–Trinajstić information content (AvgIpc) is 3.29. The summed E-state index contributed by atoms with van der Waals surface area (Å²) in [7, 11) is 2.18. The molecule has 9 heteroatoms. The summed E-state index contributed by atoms with van der Waals surface area (Å²) in [5.74, 6) is -0.490. The van der Waals surface area contributed by atoms with E-state index in [4.69, 9.17) is 0 Å². The largest absolute Gasteiger partial charge is 0.348 e. The van der Waals surface area contributed by atoms with Crippen molar-refractivity contribution in [3.8, 4) is 0 Å². The van der Waals surface area contributed by atoms with E-state index in [0.717, 1.165) is 18.4 Å². The van der Waals surface area contributed by atoms with Crippen LogP contribution in [0.1, 0.15) is 41.7 Å². The van der Waals surface area contributed by atoms with Gasteiger partial charge < -0.3 is 20.9 Å². The van der Waals surface area contributed by atoms with Crippen molar-refractivity contribution in [1.29, 1.82) is 0 Å². The van der Waals surface area contributed by atoms with Gasteiger partial charge in [0.15, 0.2) is 5.69 Å². The van der Waals surface area contributed by atoms with Gasteiger partial charge in [-0.15, -0.1) is 0 Å². The molecule has 2 aromatic carbocycles. The lowest BCUT2D eigenvalue weighted by atomic mass is 9.98. The van der Waals surface area contributed by atoms with E-state index in [9.17, 15) is 14.0 Å². The fraction of sp³-hybridized carbons (Fsp3) is 0.375. The van der Waals surface area contributed by atoms with Crippen molar-refractivity contribution in [3.05, 3.63) is 59.5 Å². The maximum Gasteiger partial charge on any atom is 0.319 e. The number of halogens is 1. The molecule has 33 heavy (non-hydrogen) atoms. The number of nitrogens with one attached hydrogen (secondary N) is 4. The first-order valence-electron chi connectivity index (χ1n) is 11.3. The second-order valence-corrected chi connectivity index (χ2v) is 8.96. The van der Waals surface area contributed by atoms with Crippen LogP contribution in [-0.2, 0) is 6.54 Å². The average molecular weight is 451 g/mol. The smallest absolute Gasteiger partial charge is 0.319 e. The van der Waals surface area contributed by atoms with E-state index in [0.29, 0.717) is 34.4 Å². The number of piperidine rings is 1. The third-order valence-electron chi connectivity index (χ3n) is 6.84. The summed E-state index contributed by atoms with van der Waals surface area (Å²) < 4.78 is 13.0. The minimum atomic E-state index is -0.381. The summed E-state index contributed by atoms with van der Waals surface area (Å²) in [6, 6.07) is 12.1. The van der Waals surface area contributed by atoms with Crippen LogP contribution < -0.4 is 16.0 Å². The predicted molar refractivity (Wildman–Crippen MR) is 123 cm³/mol. The molecule has 0 radical (unpaired) electrons. The van der Waals surface area contributed by atoms with Gasteiger partial charge in [-0.25, -0.2) is 9.18 Å². The fourth-order valence-corrected chi connectivity index (χ4v) is 5.01. The first kappa shape index (κ1) is 21.4. The molecule has 3 atom stereocenters. The van der Waals surface area contributed by atoms with Gasteiger partial charge in [-0.05, 0) is 68.6 Å². The summed E-state index contributed by atoms with van der Waals surface area (Å²) in [6.45, 7) is 0.279. The van der Waals surface area contributed by atoms with E-state index in [1.165, 1.54) is 25.0 Å². The van der Waals surface area contributed by atoms with Gasteiger partial charge in [0.25, 0.3) is 5.91 Å². The molecule has 4 N–H and O–H groups in total. The fourth-order valence-electron chi connectivity index (χ4n) is 5.01. The number of hydrogen-bond acceptors (Lipinski definition) is 4. The number of amides is 3. The summed E-state index contributed by atoms with van der Waals surface area (Å²) in [4.78, 5) is 27.6. The number of benzene rings is 2. The molecule has 0 saturated carbocycles. The number of carbonyl (C=O) groups excluding carboxylic acids is 2. The Kier molecular flexibility index (Phi) is 5.72. The Bertz CT molecular complexity index is 1160. The number of hydrogen-bond donors (Lipinski definition) is 4. The van der Waals surface area contributed by atoms with Gasteiger partial charge in [-0.3, -0.25) is 9.89 Å². The molecule has 0 spiro atoms. The number of H-pyrrole nitrogens is 1. The number of urea groups is 1. The van der Waals surface area contributed by atoms with Gasteiger partial charge in [-0.1, -0.05) is 12.1 Å². The molecule has 1 unspecified atom stereocenters. The molecule has 2 aliphatic heterocycles. The molecule has 0 aliphatic carbocycles. The lowest BCUT2D eigenvalue weighted by Gasteiger charge is -2.36. The SMILES string of the molecule is CN1[C@@H]2CC[C@H]1CC(NC(=O)c1n[nH]c3cc(NC(=O)NCc4ccc(F)cc4)ccc13)C2. The molecule has 3 amide bonds. The number of carbonyl (C=O) groups is 2. The van der Waals surface area contributed by atoms with Crippen LogP contribution in [0.3, 0.4) is 0 Å². The summed E-state index contributed by atoms with van der Waals surface area (Å²) in [5.41, 5.74) is 2.40. The Morgan fingerprint density at radius 1 is 1.12 bits per heavy atom. The highest BCUT2D eigenvalue weighted by Gasteiger charge is 2.39. The number of aromatic amines is 1. The van der Waals surface area contributed by atoms with E-state index in [1.54, 1.807) is 30.3 Å². The monoisotopic (exact) mass is 450 g/mol. The van der Waals surface area contributed by atoms with E-state index in [1.807, 2.05) is 0 Å². The van der Waals surface area contributed by atoms with Crippen molar-refractivity contribution in [3.63, 3.8) is 0 Å². The molecule has 2 bridgehead atoms. The number of rotatable bonds is 5. The van der Waals surface area contributed by atoms with Crippen molar-refractivity contribution >= 4 is 28.5 Å². The minimum absolute atomic E-state index is 0.170. The number of nitrogens with zero attached hydrogens (tertiary/aromatic N) is 2. The lowest BCUT2D eigenvalue weighted by molar-refractivity contribution is 0.0879. The Morgan fingerprint density at radius 3 is 2.58 bits per heavy atom. The Balaban J connectivity index is 1.20. The highest BCUT2D eigenvalue weighted by Crippen LogP contribution is 2.34. The van der Waals surface area contributed by atoms with Crippen LogP contribution in [0.4, 0.5) is 14.9 Å². The van der Waals surface area contributed by atoms with Crippen molar-refractivity contribution in [1.82, 2.24) is 25.7 Å². The van der Waals surface area contributed by atoms with Crippen LogP contribution >= 0.6 is 0 Å². The molecule has 172 valence electrons. The molecular weight excluding hydrogens is 423 g/mol. The Labute approximate surface area is 190 Å². The maximum absolute atomic E-state index is 13.0. The Morgan fingerprint density at radius 2 is 1.85 bits per heavy atom. The molecule has 2 saturated heterocycles. The second kappa shape index (κ2) is 8.82. The Hall–Kier alpha value is -3.46. The minimum Gasteiger partial charge on any atom is -0.348 e. The summed E-state index contributed by atoms with van der Waals surface area (Å²) in [5, 5.41) is 16.5. The zero-order valence-electron chi connectivity index (χ0n) is 18.4. The first-order valence-corrected chi connectivity index (χ1v) is 11.3. The third-order valence-corrected chi connectivity index (χ3v) is 6.84. The molecule has 3 aromatic rings. The molecule has 3 heterocycles. The van der Waals surface area contributed by atoms with Crippen LogP contribution in [0.25, 0.3) is 10.9 Å². The highest BCUT2D eigenvalue weighted by molar-refractivity contribution is 6.05. The normalized spacial score (nSPS) is 22.3. The van der Waals surface area contributed by atoms with E-state index in [2.05, 4.69) is 38.1 Å². The van der Waals surface area contributed by atoms with Crippen LogP contribution in [0.15, 0.2) is 42.5 Å². The van der Waals surface area contributed by atoms with Crippen LogP contribution in [0.2, 0.25) is 0 Å². The lowest BCUT2D eigenvalue weighted by Crippen LogP contribution is -2.48. The number of anilines is 1. The van der Waals surface area contributed by atoms with E-state index < -0.39 is 0 Å². The number of aromatic nitrogens is 2. The van der Waals surface area contributed by atoms with Gasteiger partial charge in [-0.2, -0.15) is 5.10 Å².